The number of allylic oxidation sites excluding steroid dienone is 1. The quantitative estimate of drug-likeness (QED) is 0.848. The molecule has 19 heavy (non-hydrogen) atoms. The summed E-state index contributed by atoms with van der Waals surface area (Å²) in [7, 11) is 1.49. The molecule has 2 N–H and O–H groups in total. The first-order chi connectivity index (χ1) is 8.91. The number of benzene rings is 1. The smallest absolute Gasteiger partial charge is 0.168 e. The van der Waals surface area contributed by atoms with Crippen molar-refractivity contribution in [3.05, 3.63) is 41.2 Å². The lowest BCUT2D eigenvalue weighted by Crippen LogP contribution is -2.31. The molecule has 0 saturated carbocycles. The molecule has 0 heterocycles. The van der Waals surface area contributed by atoms with Crippen molar-refractivity contribution in [2.45, 2.75) is 39.2 Å². The Balaban J connectivity index is 2.22. The van der Waals surface area contributed by atoms with Crippen LogP contribution in [0.1, 0.15) is 32.3 Å². The van der Waals surface area contributed by atoms with E-state index >= 15 is 0 Å². The third-order valence-corrected chi connectivity index (χ3v) is 3.62. The van der Waals surface area contributed by atoms with E-state index in [0.717, 1.165) is 12.8 Å². The van der Waals surface area contributed by atoms with Crippen molar-refractivity contribution in [3.63, 3.8) is 0 Å². The fraction of sp³-hybridized carbons (Fsp3) is 0.500. The lowest BCUT2D eigenvalue weighted by molar-refractivity contribution is 0.299. The van der Waals surface area contributed by atoms with Gasteiger partial charge in [0.05, 0.1) is 7.11 Å². The summed E-state index contributed by atoms with van der Waals surface area (Å²) in [6, 6.07) is 5.36. The van der Waals surface area contributed by atoms with Crippen molar-refractivity contribution < 1.29 is 9.13 Å². The summed E-state index contributed by atoms with van der Waals surface area (Å²) in [5.74, 6) is 0.0420. The third-order valence-electron chi connectivity index (χ3n) is 3.62. The summed E-state index contributed by atoms with van der Waals surface area (Å²) in [6.45, 7) is 4.42. The molecule has 0 saturated heterocycles. The minimum Gasteiger partial charge on any atom is -0.494 e. The zero-order valence-corrected chi connectivity index (χ0v) is 11.9. The van der Waals surface area contributed by atoms with E-state index in [1.165, 1.54) is 12.7 Å². The predicted molar refractivity (Wildman–Crippen MR) is 75.7 cm³/mol. The second-order valence-electron chi connectivity index (χ2n) is 6.14. The van der Waals surface area contributed by atoms with Gasteiger partial charge in [0.15, 0.2) is 11.6 Å². The average molecular weight is 263 g/mol. The maximum atomic E-state index is 14.1. The van der Waals surface area contributed by atoms with E-state index in [4.69, 9.17) is 10.5 Å². The van der Waals surface area contributed by atoms with Crippen LogP contribution in [0.5, 0.6) is 5.75 Å². The van der Waals surface area contributed by atoms with Gasteiger partial charge >= 0.3 is 0 Å². The van der Waals surface area contributed by atoms with E-state index < -0.39 is 0 Å². The number of nitrogens with two attached hydrogens (primary N) is 1. The van der Waals surface area contributed by atoms with E-state index in [0.29, 0.717) is 17.7 Å². The van der Waals surface area contributed by atoms with Crippen molar-refractivity contribution in [2.24, 2.45) is 11.1 Å². The first kappa shape index (κ1) is 14.1. The Morgan fingerprint density at radius 2 is 2.16 bits per heavy atom. The number of hydrogen-bond donors (Lipinski definition) is 1. The molecule has 2 rings (SSSR count). The van der Waals surface area contributed by atoms with E-state index in [2.05, 4.69) is 19.9 Å². The van der Waals surface area contributed by atoms with Crippen LogP contribution in [-0.4, -0.2) is 13.2 Å². The highest BCUT2D eigenvalue weighted by Gasteiger charge is 2.27. The highest BCUT2D eigenvalue weighted by Crippen LogP contribution is 2.36. The summed E-state index contributed by atoms with van der Waals surface area (Å²) in [5, 5.41) is 0. The Hall–Kier alpha value is -1.35. The molecule has 0 spiro atoms. The summed E-state index contributed by atoms with van der Waals surface area (Å²) >= 11 is 0. The monoisotopic (exact) mass is 263 g/mol. The van der Waals surface area contributed by atoms with Gasteiger partial charge in [0, 0.05) is 6.04 Å². The van der Waals surface area contributed by atoms with Crippen molar-refractivity contribution in [1.82, 2.24) is 0 Å². The summed E-state index contributed by atoms with van der Waals surface area (Å²) in [4.78, 5) is 0. The summed E-state index contributed by atoms with van der Waals surface area (Å²) < 4.78 is 19.2. The second kappa shape index (κ2) is 5.33. The second-order valence-corrected chi connectivity index (χ2v) is 6.14. The van der Waals surface area contributed by atoms with Gasteiger partial charge in [-0.3, -0.25) is 0 Å². The van der Waals surface area contributed by atoms with Crippen LogP contribution >= 0.6 is 0 Å². The molecule has 1 aliphatic carbocycles. The highest BCUT2D eigenvalue weighted by atomic mass is 19.1. The topological polar surface area (TPSA) is 35.2 Å². The molecule has 1 aromatic carbocycles. The van der Waals surface area contributed by atoms with Crippen molar-refractivity contribution in [2.75, 3.05) is 7.11 Å². The van der Waals surface area contributed by atoms with E-state index in [1.54, 1.807) is 6.07 Å². The van der Waals surface area contributed by atoms with Gasteiger partial charge in [-0.25, -0.2) is 4.39 Å². The van der Waals surface area contributed by atoms with Crippen LogP contribution in [0.15, 0.2) is 29.8 Å². The Kier molecular flexibility index (Phi) is 3.95. The maximum absolute atomic E-state index is 14.1. The Bertz CT molecular complexity index is 494. The molecule has 2 nitrogen and oxygen atoms in total. The minimum atomic E-state index is -0.261. The summed E-state index contributed by atoms with van der Waals surface area (Å²) in [5.41, 5.74) is 8.14. The molecule has 1 aromatic rings. The molecule has 104 valence electrons. The van der Waals surface area contributed by atoms with Crippen LogP contribution in [0.4, 0.5) is 4.39 Å². The van der Waals surface area contributed by atoms with Crippen molar-refractivity contribution in [3.8, 4) is 5.75 Å². The number of methoxy groups -OCH3 is 1. The first-order valence-corrected chi connectivity index (χ1v) is 6.68. The maximum Gasteiger partial charge on any atom is 0.168 e. The summed E-state index contributed by atoms with van der Waals surface area (Å²) in [6.07, 6.45) is 4.65. The van der Waals surface area contributed by atoms with Crippen LogP contribution in [0.3, 0.4) is 0 Å². The zero-order valence-electron chi connectivity index (χ0n) is 11.9. The average Bonchev–Trinajstić information content (AvgIpc) is 2.29. The molecule has 0 bridgehead atoms. The normalized spacial score (nSPS) is 21.9. The molecule has 0 radical (unpaired) electrons. The van der Waals surface area contributed by atoms with Crippen molar-refractivity contribution >= 4 is 0 Å². The molecule has 0 amide bonds. The predicted octanol–water partition coefficient (Wildman–Crippen LogP) is 3.45. The molecule has 3 heteroatoms. The standard InChI is InChI=1S/C16H22FNO/c1-16(2)9-11(8-13(18)10-16)7-12-5-4-6-14(19-3)15(12)17/h4-6,8,13H,7,9-10,18H2,1-3H3. The molecular formula is C16H22FNO. The van der Waals surface area contributed by atoms with Crippen LogP contribution in [0.2, 0.25) is 0 Å². The molecule has 1 aliphatic rings. The minimum absolute atomic E-state index is 0.0763. The van der Waals surface area contributed by atoms with Gasteiger partial charge < -0.3 is 10.5 Å². The SMILES string of the molecule is COc1cccc(CC2=CC(N)CC(C)(C)C2)c1F. The van der Waals surface area contributed by atoms with Gasteiger partial charge in [0.2, 0.25) is 0 Å². The van der Waals surface area contributed by atoms with Gasteiger partial charge in [0.1, 0.15) is 0 Å². The lowest BCUT2D eigenvalue weighted by Gasteiger charge is -2.33. The molecule has 0 fully saturated rings. The van der Waals surface area contributed by atoms with Crippen molar-refractivity contribution in [1.29, 1.82) is 0 Å². The number of hydrogen-bond acceptors (Lipinski definition) is 2. The Labute approximate surface area is 114 Å². The number of halogens is 1. The zero-order chi connectivity index (χ0) is 14.0. The Morgan fingerprint density at radius 1 is 1.42 bits per heavy atom. The number of rotatable bonds is 3. The molecule has 0 aromatic heterocycles. The van der Waals surface area contributed by atoms with E-state index in [9.17, 15) is 4.39 Å². The van der Waals surface area contributed by atoms with Gasteiger partial charge in [-0.2, -0.15) is 0 Å². The van der Waals surface area contributed by atoms with E-state index in [-0.39, 0.29) is 17.3 Å². The first-order valence-electron chi connectivity index (χ1n) is 6.68. The molecule has 1 atom stereocenters. The number of ether oxygens (including phenoxy) is 1. The molecule has 1 unspecified atom stereocenters. The Morgan fingerprint density at radius 3 is 2.79 bits per heavy atom. The highest BCUT2D eigenvalue weighted by molar-refractivity contribution is 5.34. The fourth-order valence-corrected chi connectivity index (χ4v) is 2.96. The van der Waals surface area contributed by atoms with Gasteiger partial charge in [-0.05, 0) is 36.3 Å². The van der Waals surface area contributed by atoms with Crippen LogP contribution in [0.25, 0.3) is 0 Å². The van der Waals surface area contributed by atoms with Crippen LogP contribution < -0.4 is 10.5 Å². The van der Waals surface area contributed by atoms with Gasteiger partial charge in [0.25, 0.3) is 0 Å². The van der Waals surface area contributed by atoms with Crippen LogP contribution in [-0.2, 0) is 6.42 Å². The van der Waals surface area contributed by atoms with Gasteiger partial charge in [-0.1, -0.05) is 37.6 Å². The lowest BCUT2D eigenvalue weighted by atomic mass is 9.74. The van der Waals surface area contributed by atoms with Crippen LogP contribution in [0, 0.1) is 11.2 Å². The fourth-order valence-electron chi connectivity index (χ4n) is 2.96. The van der Waals surface area contributed by atoms with Gasteiger partial charge in [-0.15, -0.1) is 0 Å². The molecular weight excluding hydrogens is 241 g/mol. The van der Waals surface area contributed by atoms with E-state index in [1.807, 2.05) is 12.1 Å². The third kappa shape index (κ3) is 3.35. The largest absolute Gasteiger partial charge is 0.494 e. The molecule has 0 aliphatic heterocycles.